The molecule has 2 heteroatoms. The zero-order valence-corrected chi connectivity index (χ0v) is 23.1. The van der Waals surface area contributed by atoms with E-state index in [2.05, 4.69) is 125 Å². The maximum atomic E-state index is 4.60. The van der Waals surface area contributed by atoms with E-state index in [1.54, 1.807) is 0 Å². The Morgan fingerprint density at radius 1 is 0.238 bits per heavy atom. The molecule has 0 saturated heterocycles. The van der Waals surface area contributed by atoms with E-state index >= 15 is 0 Å². The molecule has 0 amide bonds. The van der Waals surface area contributed by atoms with Gasteiger partial charge in [-0.05, 0) is 87.0 Å². The van der Waals surface area contributed by atoms with Gasteiger partial charge in [-0.3, -0.25) is 9.97 Å². The van der Waals surface area contributed by atoms with E-state index < -0.39 is 0 Å². The Morgan fingerprint density at radius 3 is 0.905 bits per heavy atom. The fraction of sp³-hybridized carbons (Fsp3) is 0. The Morgan fingerprint density at radius 2 is 0.548 bits per heavy atom. The first-order valence-electron chi connectivity index (χ1n) is 14.1. The molecule has 0 aliphatic carbocycles. The molecule has 2 aromatic heterocycles. The molecule has 2 nitrogen and oxygen atoms in total. The molecule has 5 aromatic carbocycles. The van der Waals surface area contributed by atoms with Crippen LogP contribution in [-0.4, -0.2) is 9.97 Å². The first-order chi connectivity index (χ1) is 20.8. The topological polar surface area (TPSA) is 25.8 Å². The summed E-state index contributed by atoms with van der Waals surface area (Å²) >= 11 is 0. The largest absolute Gasteiger partial charge is 0.256 e. The molecule has 198 valence electrons. The van der Waals surface area contributed by atoms with Crippen molar-refractivity contribution >= 4 is 0 Å². The van der Waals surface area contributed by atoms with Crippen LogP contribution >= 0.6 is 0 Å². The lowest BCUT2D eigenvalue weighted by Crippen LogP contribution is -1.89. The van der Waals surface area contributed by atoms with Crippen LogP contribution in [0.1, 0.15) is 0 Å². The Kier molecular flexibility index (Phi) is 6.94. The maximum absolute atomic E-state index is 4.60. The van der Waals surface area contributed by atoms with E-state index in [0.717, 1.165) is 33.6 Å². The molecule has 0 aliphatic rings. The number of benzene rings is 5. The predicted octanol–water partition coefficient (Wildman–Crippen LogP) is 10.5. The number of hydrogen-bond acceptors (Lipinski definition) is 2. The molecule has 42 heavy (non-hydrogen) atoms. The molecule has 0 N–H and O–H groups in total. The summed E-state index contributed by atoms with van der Waals surface area (Å²) in [7, 11) is 0. The zero-order chi connectivity index (χ0) is 28.1. The van der Waals surface area contributed by atoms with E-state index in [4.69, 9.17) is 0 Å². The van der Waals surface area contributed by atoms with Crippen LogP contribution in [0.4, 0.5) is 0 Å². The molecular weight excluding hydrogens is 508 g/mol. The van der Waals surface area contributed by atoms with Gasteiger partial charge in [0.1, 0.15) is 0 Å². The van der Waals surface area contributed by atoms with Gasteiger partial charge in [0.25, 0.3) is 0 Å². The fourth-order valence-corrected chi connectivity index (χ4v) is 5.35. The van der Waals surface area contributed by atoms with Crippen LogP contribution in [0.15, 0.2) is 170 Å². The third-order valence-corrected chi connectivity index (χ3v) is 7.62. The molecule has 2 heterocycles. The molecule has 7 aromatic rings. The molecule has 0 bridgehead atoms. The first-order valence-corrected chi connectivity index (χ1v) is 14.1. The van der Waals surface area contributed by atoms with Crippen molar-refractivity contribution < 1.29 is 0 Å². The standard InChI is InChI=1S/C40H28N2/c1-2-8-29(9-3-1)30-12-14-31(15-13-30)32-16-18-33(19-17-32)34-20-22-35(23-21-34)36-26-37(39-10-4-6-24-41-39)28-38(27-36)40-11-5-7-25-42-40/h1-28H. The molecule has 0 unspecified atom stereocenters. The van der Waals surface area contributed by atoms with E-state index in [9.17, 15) is 0 Å². The molecule has 0 aliphatic heterocycles. The Hall–Kier alpha value is -5.60. The van der Waals surface area contributed by atoms with Crippen LogP contribution in [0.25, 0.3) is 67.0 Å². The van der Waals surface area contributed by atoms with Gasteiger partial charge >= 0.3 is 0 Å². The van der Waals surface area contributed by atoms with Crippen molar-refractivity contribution in [3.05, 3.63) is 170 Å². The van der Waals surface area contributed by atoms with Crippen molar-refractivity contribution in [1.82, 2.24) is 9.97 Å². The van der Waals surface area contributed by atoms with Crippen molar-refractivity contribution in [3.8, 4) is 67.0 Å². The van der Waals surface area contributed by atoms with E-state index in [1.165, 1.54) is 33.4 Å². The molecule has 0 radical (unpaired) electrons. The first kappa shape index (κ1) is 25.4. The second kappa shape index (κ2) is 11.5. The summed E-state index contributed by atoms with van der Waals surface area (Å²) in [5.74, 6) is 0. The lowest BCUT2D eigenvalue weighted by atomic mass is 9.94. The minimum atomic E-state index is 0.947. The van der Waals surface area contributed by atoms with Crippen LogP contribution in [0, 0.1) is 0 Å². The summed E-state index contributed by atoms with van der Waals surface area (Å²) in [4.78, 5) is 9.20. The molecule has 0 fully saturated rings. The number of rotatable bonds is 6. The Balaban J connectivity index is 1.15. The van der Waals surface area contributed by atoms with Crippen LogP contribution in [-0.2, 0) is 0 Å². The monoisotopic (exact) mass is 536 g/mol. The van der Waals surface area contributed by atoms with Gasteiger partial charge in [0.15, 0.2) is 0 Å². The van der Waals surface area contributed by atoms with E-state index in [1.807, 2.05) is 54.9 Å². The van der Waals surface area contributed by atoms with E-state index in [-0.39, 0.29) is 0 Å². The second-order valence-corrected chi connectivity index (χ2v) is 10.3. The van der Waals surface area contributed by atoms with Crippen LogP contribution in [0.3, 0.4) is 0 Å². The van der Waals surface area contributed by atoms with Crippen molar-refractivity contribution in [2.75, 3.05) is 0 Å². The highest BCUT2D eigenvalue weighted by Crippen LogP contribution is 2.33. The lowest BCUT2D eigenvalue weighted by Gasteiger charge is -2.11. The number of pyridine rings is 2. The van der Waals surface area contributed by atoms with Gasteiger partial charge in [-0.1, -0.05) is 115 Å². The molecule has 0 spiro atoms. The summed E-state index contributed by atoms with van der Waals surface area (Å²) in [6.07, 6.45) is 3.67. The fourth-order valence-electron chi connectivity index (χ4n) is 5.35. The lowest BCUT2D eigenvalue weighted by molar-refractivity contribution is 1.31. The average molecular weight is 537 g/mol. The van der Waals surface area contributed by atoms with Gasteiger partial charge < -0.3 is 0 Å². The summed E-state index contributed by atoms with van der Waals surface area (Å²) in [6.45, 7) is 0. The Bertz CT molecular complexity index is 1850. The highest BCUT2D eigenvalue weighted by molar-refractivity contribution is 5.80. The summed E-state index contributed by atoms with van der Waals surface area (Å²) in [5.41, 5.74) is 13.6. The molecular formula is C40H28N2. The molecule has 0 atom stereocenters. The number of aromatic nitrogens is 2. The number of nitrogens with zero attached hydrogens (tertiary/aromatic N) is 2. The quantitative estimate of drug-likeness (QED) is 0.211. The van der Waals surface area contributed by atoms with Crippen molar-refractivity contribution in [2.24, 2.45) is 0 Å². The highest BCUT2D eigenvalue weighted by Gasteiger charge is 2.09. The number of hydrogen-bond donors (Lipinski definition) is 0. The SMILES string of the molecule is c1ccc(-c2ccc(-c3ccc(-c4ccc(-c5cc(-c6ccccn6)cc(-c6ccccn6)c5)cc4)cc3)cc2)cc1. The van der Waals surface area contributed by atoms with Crippen LogP contribution in [0.2, 0.25) is 0 Å². The van der Waals surface area contributed by atoms with Gasteiger partial charge in [-0.15, -0.1) is 0 Å². The van der Waals surface area contributed by atoms with Crippen molar-refractivity contribution in [2.45, 2.75) is 0 Å². The van der Waals surface area contributed by atoms with Crippen molar-refractivity contribution in [3.63, 3.8) is 0 Å². The van der Waals surface area contributed by atoms with Gasteiger partial charge in [-0.25, -0.2) is 0 Å². The van der Waals surface area contributed by atoms with Crippen molar-refractivity contribution in [1.29, 1.82) is 0 Å². The van der Waals surface area contributed by atoms with Crippen LogP contribution in [0.5, 0.6) is 0 Å². The highest BCUT2D eigenvalue weighted by atomic mass is 14.7. The minimum absolute atomic E-state index is 0.947. The smallest absolute Gasteiger partial charge is 0.0702 e. The van der Waals surface area contributed by atoms with Gasteiger partial charge in [0.2, 0.25) is 0 Å². The zero-order valence-electron chi connectivity index (χ0n) is 23.1. The Labute approximate surface area is 246 Å². The molecule has 0 saturated carbocycles. The van der Waals surface area contributed by atoms with Gasteiger partial charge in [-0.2, -0.15) is 0 Å². The average Bonchev–Trinajstić information content (AvgIpc) is 3.09. The summed E-state index contributed by atoms with van der Waals surface area (Å²) in [5, 5.41) is 0. The maximum Gasteiger partial charge on any atom is 0.0702 e. The minimum Gasteiger partial charge on any atom is -0.256 e. The van der Waals surface area contributed by atoms with Gasteiger partial charge in [0.05, 0.1) is 11.4 Å². The third-order valence-electron chi connectivity index (χ3n) is 7.62. The summed E-state index contributed by atoms with van der Waals surface area (Å²) in [6, 6.07) is 55.5. The van der Waals surface area contributed by atoms with Crippen LogP contribution < -0.4 is 0 Å². The van der Waals surface area contributed by atoms with E-state index in [0.29, 0.717) is 0 Å². The third kappa shape index (κ3) is 5.39. The second-order valence-electron chi connectivity index (χ2n) is 10.3. The predicted molar refractivity (Wildman–Crippen MR) is 175 cm³/mol. The normalized spacial score (nSPS) is 10.9. The van der Waals surface area contributed by atoms with Gasteiger partial charge in [0, 0.05) is 23.5 Å². The summed E-state index contributed by atoms with van der Waals surface area (Å²) < 4.78 is 0. The molecule has 7 rings (SSSR count).